The van der Waals surface area contributed by atoms with Crippen LogP contribution >= 0.6 is 0 Å². The molecular formula is C19H22N2O7S2. The van der Waals surface area contributed by atoms with Crippen molar-refractivity contribution in [3.05, 3.63) is 48.0 Å². The summed E-state index contributed by atoms with van der Waals surface area (Å²) in [5.74, 6) is -0.381. The number of esters is 1. The van der Waals surface area contributed by atoms with Gasteiger partial charge in [0.15, 0.2) is 0 Å². The number of nitrogens with zero attached hydrogens (tertiary/aromatic N) is 1. The molecule has 30 heavy (non-hydrogen) atoms. The van der Waals surface area contributed by atoms with Gasteiger partial charge in [-0.25, -0.2) is 21.6 Å². The van der Waals surface area contributed by atoms with Crippen LogP contribution in [0.1, 0.15) is 23.2 Å². The van der Waals surface area contributed by atoms with Crippen molar-refractivity contribution >= 4 is 31.7 Å². The lowest BCUT2D eigenvalue weighted by molar-refractivity contribution is 0.0601. The van der Waals surface area contributed by atoms with Crippen molar-refractivity contribution in [3.8, 4) is 5.75 Å². The van der Waals surface area contributed by atoms with Crippen LogP contribution in [0.5, 0.6) is 5.75 Å². The van der Waals surface area contributed by atoms with Gasteiger partial charge in [-0.3, -0.25) is 4.72 Å². The summed E-state index contributed by atoms with van der Waals surface area (Å²) in [5, 5.41) is 0. The number of ether oxygens (including phenoxy) is 2. The number of rotatable bonds is 7. The van der Waals surface area contributed by atoms with E-state index in [4.69, 9.17) is 9.47 Å². The molecule has 0 unspecified atom stereocenters. The summed E-state index contributed by atoms with van der Waals surface area (Å²) in [6.45, 7) is 0.912. The van der Waals surface area contributed by atoms with Crippen LogP contribution in [0.4, 0.5) is 5.69 Å². The lowest BCUT2D eigenvalue weighted by Crippen LogP contribution is -2.27. The first-order valence-electron chi connectivity index (χ1n) is 9.08. The molecule has 162 valence electrons. The molecule has 11 heteroatoms. The Hall–Kier alpha value is -2.63. The van der Waals surface area contributed by atoms with Gasteiger partial charge >= 0.3 is 5.97 Å². The van der Waals surface area contributed by atoms with E-state index in [9.17, 15) is 21.6 Å². The van der Waals surface area contributed by atoms with Gasteiger partial charge in [0, 0.05) is 13.1 Å². The molecule has 9 nitrogen and oxygen atoms in total. The second-order valence-corrected chi connectivity index (χ2v) is 10.2. The Labute approximate surface area is 175 Å². The number of sulfonamides is 2. The highest BCUT2D eigenvalue weighted by Gasteiger charge is 2.28. The number of carbonyl (C=O) groups is 1. The molecule has 1 heterocycles. The van der Waals surface area contributed by atoms with E-state index in [2.05, 4.69) is 4.72 Å². The smallest absolute Gasteiger partial charge is 0.340 e. The first-order valence-corrected chi connectivity index (χ1v) is 12.0. The van der Waals surface area contributed by atoms with Crippen molar-refractivity contribution < 1.29 is 31.1 Å². The largest absolute Gasteiger partial charge is 0.497 e. The van der Waals surface area contributed by atoms with Crippen molar-refractivity contribution in [2.75, 3.05) is 32.0 Å². The highest BCUT2D eigenvalue weighted by Crippen LogP contribution is 2.27. The van der Waals surface area contributed by atoms with Crippen molar-refractivity contribution in [2.24, 2.45) is 0 Å². The second kappa shape index (κ2) is 8.62. The molecule has 0 aromatic heterocycles. The predicted octanol–water partition coefficient (Wildman–Crippen LogP) is 2.07. The molecule has 2 aromatic rings. The lowest BCUT2D eigenvalue weighted by atomic mass is 10.2. The average Bonchev–Trinajstić information content (AvgIpc) is 3.29. The van der Waals surface area contributed by atoms with E-state index in [0.29, 0.717) is 18.8 Å². The van der Waals surface area contributed by atoms with Crippen molar-refractivity contribution in [2.45, 2.75) is 22.6 Å². The Balaban J connectivity index is 1.89. The molecular weight excluding hydrogens is 432 g/mol. The number of methoxy groups -OCH3 is 2. The second-order valence-electron chi connectivity index (χ2n) is 6.59. The van der Waals surface area contributed by atoms with Crippen LogP contribution in [0.25, 0.3) is 0 Å². The molecule has 0 amide bonds. The molecule has 2 aromatic carbocycles. The normalized spacial score (nSPS) is 15.0. The average molecular weight is 455 g/mol. The Bertz CT molecular complexity index is 1140. The Morgan fingerprint density at radius 3 is 2.10 bits per heavy atom. The first kappa shape index (κ1) is 22.1. The van der Waals surface area contributed by atoms with E-state index in [1.807, 2.05) is 0 Å². The van der Waals surface area contributed by atoms with Gasteiger partial charge in [0.1, 0.15) is 5.75 Å². The summed E-state index contributed by atoms with van der Waals surface area (Å²) in [7, 11) is -5.14. The van der Waals surface area contributed by atoms with Crippen LogP contribution in [0.2, 0.25) is 0 Å². The van der Waals surface area contributed by atoms with E-state index in [0.717, 1.165) is 12.8 Å². The summed E-state index contributed by atoms with van der Waals surface area (Å²) in [4.78, 5) is 11.9. The summed E-state index contributed by atoms with van der Waals surface area (Å²) in [6, 6.07) is 9.19. The van der Waals surface area contributed by atoms with Crippen LogP contribution in [0.3, 0.4) is 0 Å². The Kier molecular flexibility index (Phi) is 6.34. The number of carbonyl (C=O) groups excluding carboxylic acids is 1. The first-order chi connectivity index (χ1) is 14.2. The van der Waals surface area contributed by atoms with Gasteiger partial charge in [-0.1, -0.05) is 0 Å². The van der Waals surface area contributed by atoms with Crippen molar-refractivity contribution in [1.82, 2.24) is 4.31 Å². The number of hydrogen-bond donors (Lipinski definition) is 1. The predicted molar refractivity (Wildman–Crippen MR) is 110 cm³/mol. The quantitative estimate of drug-likeness (QED) is 0.636. The molecule has 0 atom stereocenters. The highest BCUT2D eigenvalue weighted by atomic mass is 32.2. The third-order valence-electron chi connectivity index (χ3n) is 4.71. The Morgan fingerprint density at radius 1 is 0.933 bits per heavy atom. The number of benzene rings is 2. The van der Waals surface area contributed by atoms with Crippen LogP contribution < -0.4 is 9.46 Å². The van der Waals surface area contributed by atoms with Crippen molar-refractivity contribution in [3.63, 3.8) is 0 Å². The summed E-state index contributed by atoms with van der Waals surface area (Å²) >= 11 is 0. The SMILES string of the molecule is COC(=O)c1cc(OC)ccc1NS(=O)(=O)c1ccc(S(=O)(=O)N2CCCC2)cc1. The zero-order valence-corrected chi connectivity index (χ0v) is 18.1. The van der Waals surface area contributed by atoms with Gasteiger partial charge in [-0.2, -0.15) is 4.31 Å². The van der Waals surface area contributed by atoms with E-state index < -0.39 is 26.0 Å². The summed E-state index contributed by atoms with van der Waals surface area (Å²) < 4.78 is 64.2. The van der Waals surface area contributed by atoms with E-state index in [1.165, 1.54) is 61.0 Å². The fourth-order valence-electron chi connectivity index (χ4n) is 3.09. The van der Waals surface area contributed by atoms with E-state index >= 15 is 0 Å². The molecule has 0 aliphatic carbocycles. The van der Waals surface area contributed by atoms with Gasteiger partial charge in [0.25, 0.3) is 10.0 Å². The third-order valence-corrected chi connectivity index (χ3v) is 8.01. The molecule has 0 saturated carbocycles. The van der Waals surface area contributed by atoms with Gasteiger partial charge in [0.2, 0.25) is 10.0 Å². The minimum Gasteiger partial charge on any atom is -0.497 e. The molecule has 0 radical (unpaired) electrons. The number of hydrogen-bond acceptors (Lipinski definition) is 7. The van der Waals surface area contributed by atoms with E-state index in [1.54, 1.807) is 0 Å². The monoisotopic (exact) mass is 454 g/mol. The van der Waals surface area contributed by atoms with Gasteiger partial charge in [0.05, 0.1) is 35.3 Å². The maximum absolute atomic E-state index is 12.8. The van der Waals surface area contributed by atoms with Crippen LogP contribution in [0, 0.1) is 0 Å². The van der Waals surface area contributed by atoms with Gasteiger partial charge in [-0.05, 0) is 55.3 Å². The molecule has 1 aliphatic rings. The molecule has 0 spiro atoms. The van der Waals surface area contributed by atoms with Crippen LogP contribution in [0.15, 0.2) is 52.3 Å². The van der Waals surface area contributed by atoms with Crippen LogP contribution in [-0.4, -0.2) is 54.4 Å². The zero-order chi connectivity index (χ0) is 21.9. The zero-order valence-electron chi connectivity index (χ0n) is 16.5. The fraction of sp³-hybridized carbons (Fsp3) is 0.316. The number of nitrogens with one attached hydrogen (secondary N) is 1. The van der Waals surface area contributed by atoms with E-state index in [-0.39, 0.29) is 21.0 Å². The molecule has 1 saturated heterocycles. The number of anilines is 1. The van der Waals surface area contributed by atoms with Gasteiger partial charge < -0.3 is 9.47 Å². The molecule has 0 bridgehead atoms. The minimum absolute atomic E-state index is 0.0106. The third kappa shape index (κ3) is 4.42. The molecule has 1 N–H and O–H groups in total. The Morgan fingerprint density at radius 2 is 1.53 bits per heavy atom. The standard InChI is InChI=1S/C19H22N2O7S2/c1-27-14-5-10-18(17(13-14)19(22)28-2)20-29(23,24)15-6-8-16(9-7-15)30(25,26)21-11-3-4-12-21/h5-10,13,20H,3-4,11-12H2,1-2H3. The molecule has 1 aliphatic heterocycles. The molecule has 3 rings (SSSR count). The maximum Gasteiger partial charge on any atom is 0.340 e. The fourth-order valence-corrected chi connectivity index (χ4v) is 5.69. The summed E-state index contributed by atoms with van der Waals surface area (Å²) in [6.07, 6.45) is 1.61. The summed E-state index contributed by atoms with van der Waals surface area (Å²) in [5.41, 5.74) is -0.00919. The maximum atomic E-state index is 12.8. The lowest BCUT2D eigenvalue weighted by Gasteiger charge is -2.16. The minimum atomic E-state index is -4.09. The topological polar surface area (TPSA) is 119 Å². The van der Waals surface area contributed by atoms with Crippen LogP contribution in [-0.2, 0) is 24.8 Å². The highest BCUT2D eigenvalue weighted by molar-refractivity contribution is 7.92. The molecule has 1 fully saturated rings. The van der Waals surface area contributed by atoms with Gasteiger partial charge in [-0.15, -0.1) is 0 Å². The van der Waals surface area contributed by atoms with Crippen molar-refractivity contribution in [1.29, 1.82) is 0 Å².